The predicted octanol–water partition coefficient (Wildman–Crippen LogP) is 3.74. The molecule has 0 fully saturated rings. The van der Waals surface area contributed by atoms with E-state index in [1.807, 2.05) is 25.4 Å². The molecule has 0 radical (unpaired) electrons. The highest BCUT2D eigenvalue weighted by Crippen LogP contribution is 2.31. The zero-order chi connectivity index (χ0) is 14.8. The second-order valence-corrected chi connectivity index (χ2v) is 5.03. The Hall–Kier alpha value is -2.49. The van der Waals surface area contributed by atoms with E-state index >= 15 is 0 Å². The molecule has 2 heterocycles. The average Bonchev–Trinajstić information content (AvgIpc) is 2.50. The number of hydrogen-bond donors (Lipinski definition) is 1. The maximum atomic E-state index is 4.66. The number of anilines is 1. The van der Waals surface area contributed by atoms with E-state index in [1.165, 1.54) is 5.39 Å². The normalized spacial score (nSPS) is 10.8. The summed E-state index contributed by atoms with van der Waals surface area (Å²) in [6.45, 7) is 6.89. The lowest BCUT2D eigenvalue weighted by Gasteiger charge is -2.13. The summed E-state index contributed by atoms with van der Waals surface area (Å²) in [7, 11) is 0. The second kappa shape index (κ2) is 5.48. The van der Waals surface area contributed by atoms with Gasteiger partial charge in [-0.2, -0.15) is 0 Å². The SMILES string of the molecule is CCNc1nc(C)nc(-c2cccc3ccncc23)c1C. The van der Waals surface area contributed by atoms with Gasteiger partial charge in [0.1, 0.15) is 11.6 Å². The third-order valence-corrected chi connectivity index (χ3v) is 3.54. The van der Waals surface area contributed by atoms with Gasteiger partial charge in [0.2, 0.25) is 0 Å². The fourth-order valence-corrected chi connectivity index (χ4v) is 2.55. The molecule has 0 aliphatic rings. The standard InChI is InChI=1S/C17H18N4/c1-4-19-17-11(2)16(20-12(3)21-17)14-7-5-6-13-8-9-18-10-15(13)14/h5-10H,4H2,1-3H3,(H,19,20,21). The van der Waals surface area contributed by atoms with Crippen LogP contribution >= 0.6 is 0 Å². The number of aryl methyl sites for hydroxylation is 1. The van der Waals surface area contributed by atoms with Gasteiger partial charge in [0.05, 0.1) is 5.69 Å². The van der Waals surface area contributed by atoms with Crippen LogP contribution in [0.3, 0.4) is 0 Å². The zero-order valence-electron chi connectivity index (χ0n) is 12.5. The van der Waals surface area contributed by atoms with Crippen LogP contribution in [-0.2, 0) is 0 Å². The fraction of sp³-hybridized carbons (Fsp3) is 0.235. The molecule has 1 N–H and O–H groups in total. The van der Waals surface area contributed by atoms with Crippen LogP contribution < -0.4 is 5.32 Å². The van der Waals surface area contributed by atoms with Crippen molar-refractivity contribution < 1.29 is 0 Å². The van der Waals surface area contributed by atoms with Crippen LogP contribution in [-0.4, -0.2) is 21.5 Å². The Morgan fingerprint density at radius 3 is 2.76 bits per heavy atom. The molecule has 3 aromatic rings. The van der Waals surface area contributed by atoms with Crippen molar-refractivity contribution in [2.45, 2.75) is 20.8 Å². The number of pyridine rings is 1. The molecule has 106 valence electrons. The highest BCUT2D eigenvalue weighted by molar-refractivity contribution is 5.96. The molecule has 0 aliphatic heterocycles. The summed E-state index contributed by atoms with van der Waals surface area (Å²) < 4.78 is 0. The molecule has 0 amide bonds. The monoisotopic (exact) mass is 278 g/mol. The number of nitrogens with zero attached hydrogens (tertiary/aromatic N) is 3. The van der Waals surface area contributed by atoms with E-state index in [0.717, 1.165) is 40.4 Å². The summed E-state index contributed by atoms with van der Waals surface area (Å²) in [5, 5.41) is 5.59. The van der Waals surface area contributed by atoms with E-state index < -0.39 is 0 Å². The predicted molar refractivity (Wildman–Crippen MR) is 86.4 cm³/mol. The Morgan fingerprint density at radius 1 is 1.10 bits per heavy atom. The van der Waals surface area contributed by atoms with Crippen molar-refractivity contribution >= 4 is 16.6 Å². The van der Waals surface area contributed by atoms with Crippen molar-refractivity contribution in [3.63, 3.8) is 0 Å². The van der Waals surface area contributed by atoms with Crippen LogP contribution in [0.25, 0.3) is 22.0 Å². The molecule has 21 heavy (non-hydrogen) atoms. The molecule has 0 bridgehead atoms. The highest BCUT2D eigenvalue weighted by Gasteiger charge is 2.13. The van der Waals surface area contributed by atoms with Crippen LogP contribution in [0.15, 0.2) is 36.7 Å². The van der Waals surface area contributed by atoms with Crippen LogP contribution in [0.4, 0.5) is 5.82 Å². The first-order valence-corrected chi connectivity index (χ1v) is 7.13. The van der Waals surface area contributed by atoms with Crippen molar-refractivity contribution in [3.8, 4) is 11.3 Å². The Morgan fingerprint density at radius 2 is 1.95 bits per heavy atom. The molecular formula is C17H18N4. The Balaban J connectivity index is 2.28. The van der Waals surface area contributed by atoms with Crippen molar-refractivity contribution in [1.29, 1.82) is 0 Å². The summed E-state index contributed by atoms with van der Waals surface area (Å²) in [6.07, 6.45) is 3.71. The van der Waals surface area contributed by atoms with Crippen molar-refractivity contribution in [2.75, 3.05) is 11.9 Å². The number of fused-ring (bicyclic) bond motifs is 1. The van der Waals surface area contributed by atoms with Gasteiger partial charge >= 0.3 is 0 Å². The fourth-order valence-electron chi connectivity index (χ4n) is 2.55. The second-order valence-electron chi connectivity index (χ2n) is 5.03. The molecule has 3 rings (SSSR count). The summed E-state index contributed by atoms with van der Waals surface area (Å²) in [6, 6.07) is 8.26. The first kappa shape index (κ1) is 13.5. The van der Waals surface area contributed by atoms with Gasteiger partial charge in [-0.15, -0.1) is 0 Å². The van der Waals surface area contributed by atoms with Gasteiger partial charge in [-0.3, -0.25) is 4.98 Å². The summed E-state index contributed by atoms with van der Waals surface area (Å²) in [4.78, 5) is 13.4. The van der Waals surface area contributed by atoms with Gasteiger partial charge in [0.15, 0.2) is 0 Å². The first-order valence-electron chi connectivity index (χ1n) is 7.13. The smallest absolute Gasteiger partial charge is 0.133 e. The largest absolute Gasteiger partial charge is 0.370 e. The lowest BCUT2D eigenvalue weighted by molar-refractivity contribution is 1.02. The number of hydrogen-bond acceptors (Lipinski definition) is 4. The molecule has 0 saturated carbocycles. The molecule has 0 saturated heterocycles. The van der Waals surface area contributed by atoms with E-state index in [2.05, 4.69) is 52.3 Å². The molecule has 0 atom stereocenters. The first-order chi connectivity index (χ1) is 10.2. The Labute approximate surface area is 124 Å². The van der Waals surface area contributed by atoms with Crippen LogP contribution in [0.2, 0.25) is 0 Å². The van der Waals surface area contributed by atoms with E-state index in [1.54, 1.807) is 0 Å². The maximum absolute atomic E-state index is 4.66. The lowest BCUT2D eigenvalue weighted by Crippen LogP contribution is -2.06. The summed E-state index contributed by atoms with van der Waals surface area (Å²) in [5.74, 6) is 1.67. The molecule has 2 aromatic heterocycles. The van der Waals surface area contributed by atoms with Crippen LogP contribution in [0.1, 0.15) is 18.3 Å². The maximum Gasteiger partial charge on any atom is 0.133 e. The number of benzene rings is 1. The van der Waals surface area contributed by atoms with Crippen molar-refractivity contribution in [2.24, 2.45) is 0 Å². The Kier molecular flexibility index (Phi) is 3.52. The average molecular weight is 278 g/mol. The molecule has 4 heteroatoms. The topological polar surface area (TPSA) is 50.7 Å². The molecule has 0 unspecified atom stereocenters. The van der Waals surface area contributed by atoms with Gasteiger partial charge in [0.25, 0.3) is 0 Å². The third kappa shape index (κ3) is 2.44. The van der Waals surface area contributed by atoms with Crippen molar-refractivity contribution in [1.82, 2.24) is 15.0 Å². The lowest BCUT2D eigenvalue weighted by atomic mass is 10.0. The summed E-state index contributed by atoms with van der Waals surface area (Å²) in [5.41, 5.74) is 3.14. The zero-order valence-corrected chi connectivity index (χ0v) is 12.5. The molecule has 4 nitrogen and oxygen atoms in total. The van der Waals surface area contributed by atoms with E-state index in [4.69, 9.17) is 0 Å². The van der Waals surface area contributed by atoms with Crippen LogP contribution in [0, 0.1) is 13.8 Å². The summed E-state index contributed by atoms with van der Waals surface area (Å²) >= 11 is 0. The van der Waals surface area contributed by atoms with Crippen molar-refractivity contribution in [3.05, 3.63) is 48.0 Å². The number of rotatable bonds is 3. The molecule has 0 spiro atoms. The third-order valence-electron chi connectivity index (χ3n) is 3.54. The number of aromatic nitrogens is 3. The van der Waals surface area contributed by atoms with Gasteiger partial charge in [-0.25, -0.2) is 9.97 Å². The van der Waals surface area contributed by atoms with Gasteiger partial charge in [0, 0.05) is 35.5 Å². The van der Waals surface area contributed by atoms with Gasteiger partial charge in [-0.05, 0) is 32.2 Å². The van der Waals surface area contributed by atoms with E-state index in [0.29, 0.717) is 0 Å². The number of nitrogens with one attached hydrogen (secondary N) is 1. The molecule has 0 aliphatic carbocycles. The van der Waals surface area contributed by atoms with Crippen LogP contribution in [0.5, 0.6) is 0 Å². The quantitative estimate of drug-likeness (QED) is 0.793. The van der Waals surface area contributed by atoms with Gasteiger partial charge < -0.3 is 5.32 Å². The Bertz CT molecular complexity index is 791. The molecular weight excluding hydrogens is 260 g/mol. The minimum absolute atomic E-state index is 0.771. The minimum Gasteiger partial charge on any atom is -0.370 e. The molecule has 1 aromatic carbocycles. The minimum atomic E-state index is 0.771. The van der Waals surface area contributed by atoms with E-state index in [9.17, 15) is 0 Å². The highest BCUT2D eigenvalue weighted by atomic mass is 15.0. The van der Waals surface area contributed by atoms with E-state index in [-0.39, 0.29) is 0 Å². The van der Waals surface area contributed by atoms with Gasteiger partial charge in [-0.1, -0.05) is 18.2 Å².